The lowest BCUT2D eigenvalue weighted by Gasteiger charge is -2.24. The van der Waals surface area contributed by atoms with E-state index >= 15 is 0 Å². The molecule has 1 saturated heterocycles. The molecule has 8 heteroatoms. The first-order chi connectivity index (χ1) is 13.7. The van der Waals surface area contributed by atoms with E-state index in [0.29, 0.717) is 33.9 Å². The van der Waals surface area contributed by atoms with Crippen molar-refractivity contribution in [2.45, 2.75) is 18.9 Å². The van der Waals surface area contributed by atoms with Gasteiger partial charge < -0.3 is 21.1 Å². The third kappa shape index (κ3) is 3.46. The Morgan fingerprint density at radius 1 is 1.29 bits per heavy atom. The number of nitrogens with zero attached hydrogens (tertiary/aromatic N) is 3. The van der Waals surface area contributed by atoms with Crippen molar-refractivity contribution in [3.63, 3.8) is 0 Å². The Labute approximate surface area is 162 Å². The maximum absolute atomic E-state index is 12.1. The standard InChI is InChI=1S/C20H22N6O2/c1-28-16-7-3-2-6-13(16)15-9-14(19(21)27)17-18(26-15)20(24-11-23-17)25-12-5-4-8-22-10-12/h2-3,6-7,9,11-12,22H,4-5,8,10H2,1H3,(H2,21,27)(H,23,24,25)/t12-/m0/s1. The molecule has 3 aromatic rings. The van der Waals surface area contributed by atoms with E-state index in [-0.39, 0.29) is 6.04 Å². The van der Waals surface area contributed by atoms with Crippen molar-refractivity contribution < 1.29 is 9.53 Å². The number of ether oxygens (including phenoxy) is 1. The SMILES string of the molecule is COc1ccccc1-c1cc(C(N)=O)c2ncnc(N[C@H]3CCCNC3)c2n1. The number of primary amides is 1. The summed E-state index contributed by atoms with van der Waals surface area (Å²) in [6, 6.07) is 9.40. The molecule has 4 N–H and O–H groups in total. The highest BCUT2D eigenvalue weighted by molar-refractivity contribution is 6.07. The lowest BCUT2D eigenvalue weighted by atomic mass is 10.1. The zero-order valence-electron chi connectivity index (χ0n) is 15.6. The molecule has 0 aliphatic carbocycles. The van der Waals surface area contributed by atoms with Crippen LogP contribution in [0, 0.1) is 0 Å². The molecule has 0 radical (unpaired) electrons. The third-order valence-corrected chi connectivity index (χ3v) is 4.88. The molecule has 1 amide bonds. The van der Waals surface area contributed by atoms with Crippen molar-refractivity contribution in [3.05, 3.63) is 42.2 Å². The highest BCUT2D eigenvalue weighted by Gasteiger charge is 2.20. The number of benzene rings is 1. The first-order valence-electron chi connectivity index (χ1n) is 9.23. The lowest BCUT2D eigenvalue weighted by molar-refractivity contribution is 0.100. The van der Waals surface area contributed by atoms with Gasteiger partial charge in [-0.3, -0.25) is 4.79 Å². The average Bonchev–Trinajstić information content (AvgIpc) is 2.74. The predicted molar refractivity (Wildman–Crippen MR) is 107 cm³/mol. The van der Waals surface area contributed by atoms with Crippen LogP contribution in [0.1, 0.15) is 23.2 Å². The highest BCUT2D eigenvalue weighted by Crippen LogP contribution is 2.32. The van der Waals surface area contributed by atoms with Crippen molar-refractivity contribution in [2.24, 2.45) is 5.73 Å². The molecule has 1 aliphatic rings. The molecule has 4 rings (SSSR count). The maximum atomic E-state index is 12.1. The molecule has 2 aromatic heterocycles. The second-order valence-corrected chi connectivity index (χ2v) is 6.73. The van der Waals surface area contributed by atoms with E-state index in [4.69, 9.17) is 15.5 Å². The Morgan fingerprint density at radius 2 is 2.14 bits per heavy atom. The van der Waals surface area contributed by atoms with Gasteiger partial charge in [0.1, 0.15) is 23.1 Å². The first kappa shape index (κ1) is 18.1. The number of hydrogen-bond donors (Lipinski definition) is 3. The van der Waals surface area contributed by atoms with Crippen LogP contribution in [0.15, 0.2) is 36.7 Å². The largest absolute Gasteiger partial charge is 0.496 e. The molecular weight excluding hydrogens is 356 g/mol. The normalized spacial score (nSPS) is 16.7. The molecule has 0 unspecified atom stereocenters. The van der Waals surface area contributed by atoms with Crippen LogP contribution in [-0.4, -0.2) is 47.1 Å². The van der Waals surface area contributed by atoms with Crippen molar-refractivity contribution in [1.82, 2.24) is 20.3 Å². The number of amides is 1. The van der Waals surface area contributed by atoms with Gasteiger partial charge in [-0.2, -0.15) is 0 Å². The van der Waals surface area contributed by atoms with Gasteiger partial charge in [0.25, 0.3) is 5.91 Å². The Balaban J connectivity index is 1.88. The first-order valence-corrected chi connectivity index (χ1v) is 9.23. The van der Waals surface area contributed by atoms with Crippen LogP contribution in [0.4, 0.5) is 5.82 Å². The Bertz CT molecular complexity index is 1020. The summed E-state index contributed by atoms with van der Waals surface area (Å²) >= 11 is 0. The summed E-state index contributed by atoms with van der Waals surface area (Å²) in [5.41, 5.74) is 8.25. The summed E-state index contributed by atoms with van der Waals surface area (Å²) in [6.45, 7) is 1.87. The summed E-state index contributed by atoms with van der Waals surface area (Å²) in [5, 5.41) is 6.81. The number of anilines is 1. The molecule has 0 bridgehead atoms. The monoisotopic (exact) mass is 378 g/mol. The maximum Gasteiger partial charge on any atom is 0.251 e. The van der Waals surface area contributed by atoms with Gasteiger partial charge in [-0.15, -0.1) is 0 Å². The molecule has 1 atom stereocenters. The van der Waals surface area contributed by atoms with Crippen LogP contribution < -0.4 is 21.1 Å². The number of nitrogens with one attached hydrogen (secondary N) is 2. The third-order valence-electron chi connectivity index (χ3n) is 4.88. The van der Waals surface area contributed by atoms with Gasteiger partial charge in [0.2, 0.25) is 0 Å². The smallest absolute Gasteiger partial charge is 0.251 e. The minimum atomic E-state index is -0.562. The quantitative estimate of drug-likeness (QED) is 0.622. The molecule has 8 nitrogen and oxygen atoms in total. The second-order valence-electron chi connectivity index (χ2n) is 6.73. The Morgan fingerprint density at radius 3 is 2.89 bits per heavy atom. The summed E-state index contributed by atoms with van der Waals surface area (Å²) < 4.78 is 5.45. The van der Waals surface area contributed by atoms with Gasteiger partial charge >= 0.3 is 0 Å². The minimum Gasteiger partial charge on any atom is -0.496 e. The number of piperidine rings is 1. The molecule has 1 aromatic carbocycles. The molecular formula is C20H22N6O2. The molecule has 1 fully saturated rings. The number of carbonyl (C=O) groups excluding carboxylic acids is 1. The number of fused-ring (bicyclic) bond motifs is 1. The van der Waals surface area contributed by atoms with Crippen LogP contribution in [-0.2, 0) is 0 Å². The van der Waals surface area contributed by atoms with Crippen LogP contribution in [0.25, 0.3) is 22.3 Å². The highest BCUT2D eigenvalue weighted by atomic mass is 16.5. The fraction of sp³-hybridized carbons (Fsp3) is 0.300. The van der Waals surface area contributed by atoms with Gasteiger partial charge in [-0.1, -0.05) is 12.1 Å². The average molecular weight is 378 g/mol. The van der Waals surface area contributed by atoms with Crippen LogP contribution in [0.3, 0.4) is 0 Å². The van der Waals surface area contributed by atoms with E-state index < -0.39 is 5.91 Å². The van der Waals surface area contributed by atoms with E-state index in [0.717, 1.165) is 31.5 Å². The molecule has 1 aliphatic heterocycles. The van der Waals surface area contributed by atoms with Crippen molar-refractivity contribution in [1.29, 1.82) is 0 Å². The molecule has 0 spiro atoms. The summed E-state index contributed by atoms with van der Waals surface area (Å²) in [7, 11) is 1.60. The molecule has 28 heavy (non-hydrogen) atoms. The number of carbonyl (C=O) groups is 1. The van der Waals surface area contributed by atoms with Crippen LogP contribution >= 0.6 is 0 Å². The number of nitrogens with two attached hydrogens (primary N) is 1. The molecule has 3 heterocycles. The Kier molecular flexibility index (Phi) is 5.03. The molecule has 0 saturated carbocycles. The number of para-hydroxylation sites is 1. The van der Waals surface area contributed by atoms with Gasteiger partial charge in [-0.05, 0) is 37.6 Å². The van der Waals surface area contributed by atoms with Crippen LogP contribution in [0.5, 0.6) is 5.75 Å². The zero-order valence-corrected chi connectivity index (χ0v) is 15.6. The summed E-state index contributed by atoms with van der Waals surface area (Å²) in [4.78, 5) is 25.5. The summed E-state index contributed by atoms with van der Waals surface area (Å²) in [6.07, 6.45) is 3.55. The van der Waals surface area contributed by atoms with E-state index in [9.17, 15) is 4.79 Å². The zero-order chi connectivity index (χ0) is 19.5. The predicted octanol–water partition coefficient (Wildman–Crippen LogP) is 1.96. The van der Waals surface area contributed by atoms with Gasteiger partial charge in [0, 0.05) is 18.2 Å². The van der Waals surface area contributed by atoms with Gasteiger partial charge in [0.15, 0.2) is 5.82 Å². The fourth-order valence-corrected chi connectivity index (χ4v) is 3.50. The van der Waals surface area contributed by atoms with Crippen molar-refractivity contribution in [3.8, 4) is 17.0 Å². The fourth-order valence-electron chi connectivity index (χ4n) is 3.50. The topological polar surface area (TPSA) is 115 Å². The van der Waals surface area contributed by atoms with Crippen molar-refractivity contribution >= 4 is 22.8 Å². The van der Waals surface area contributed by atoms with Crippen LogP contribution in [0.2, 0.25) is 0 Å². The van der Waals surface area contributed by atoms with Gasteiger partial charge in [0.05, 0.1) is 18.4 Å². The Hall–Kier alpha value is -3.26. The van der Waals surface area contributed by atoms with E-state index in [2.05, 4.69) is 20.6 Å². The molecule has 144 valence electrons. The number of rotatable bonds is 5. The number of aromatic nitrogens is 3. The van der Waals surface area contributed by atoms with Gasteiger partial charge in [-0.25, -0.2) is 15.0 Å². The number of pyridine rings is 1. The summed E-state index contributed by atoms with van der Waals surface area (Å²) in [5.74, 6) is 0.693. The van der Waals surface area contributed by atoms with E-state index in [1.165, 1.54) is 6.33 Å². The van der Waals surface area contributed by atoms with Crippen molar-refractivity contribution in [2.75, 3.05) is 25.5 Å². The minimum absolute atomic E-state index is 0.237. The lowest BCUT2D eigenvalue weighted by Crippen LogP contribution is -2.38. The number of methoxy groups -OCH3 is 1. The number of hydrogen-bond acceptors (Lipinski definition) is 7. The second kappa shape index (κ2) is 7.77. The van der Waals surface area contributed by atoms with E-state index in [1.807, 2.05) is 24.3 Å². The van der Waals surface area contributed by atoms with E-state index in [1.54, 1.807) is 13.2 Å².